The molecule has 0 aliphatic carbocycles. The monoisotopic (exact) mass is 564 g/mol. The number of rotatable bonds is 0. The van der Waals surface area contributed by atoms with Crippen molar-refractivity contribution in [3.05, 3.63) is 0 Å². The first-order valence-electron chi connectivity index (χ1n) is 7.83. The average molecular weight is 560 g/mol. The fourth-order valence-electron chi connectivity index (χ4n) is 3.30. The van der Waals surface area contributed by atoms with E-state index in [0.717, 1.165) is 0 Å². The minimum atomic E-state index is -1.17. The summed E-state index contributed by atoms with van der Waals surface area (Å²) in [5, 5.41) is 0.486. The van der Waals surface area contributed by atoms with E-state index in [1.807, 2.05) is 0 Å². The Morgan fingerprint density at radius 3 is 1.14 bits per heavy atom. The van der Waals surface area contributed by atoms with Gasteiger partial charge in [-0.05, 0) is 0 Å². The molecule has 1 nitrogen and oxygen atoms in total. The van der Waals surface area contributed by atoms with E-state index in [2.05, 4.69) is 83.1 Å². The fraction of sp³-hybridized carbons (Fsp3) is 1.00. The Morgan fingerprint density at radius 1 is 0.667 bits per heavy atom. The van der Waals surface area contributed by atoms with Crippen molar-refractivity contribution < 1.29 is 0 Å². The molecule has 0 radical (unpaired) electrons. The van der Waals surface area contributed by atoms with Gasteiger partial charge in [0.15, 0.2) is 0 Å². The molecule has 0 aromatic heterocycles. The summed E-state index contributed by atoms with van der Waals surface area (Å²) in [7, 11) is 0. The van der Waals surface area contributed by atoms with E-state index in [4.69, 9.17) is 4.52 Å². The van der Waals surface area contributed by atoms with Crippen molar-refractivity contribution in [2.24, 2.45) is 4.52 Å². The van der Waals surface area contributed by atoms with Crippen molar-refractivity contribution in [2.45, 2.75) is 104 Å². The van der Waals surface area contributed by atoms with Crippen LogP contribution >= 0.6 is 9.85 Å². The second-order valence-electron chi connectivity index (χ2n) is 10.1. The maximum absolute atomic E-state index is 6.07. The molecule has 0 unspecified atom stereocenters. The quantitative estimate of drug-likeness (QED) is 0.238. The van der Waals surface area contributed by atoms with Crippen molar-refractivity contribution in [1.82, 2.24) is 0 Å². The van der Waals surface area contributed by atoms with E-state index in [-0.39, 0.29) is 33.0 Å². The van der Waals surface area contributed by atoms with Crippen LogP contribution in [0.3, 0.4) is 0 Å². The molecule has 0 saturated carbocycles. The molecule has 21 heavy (non-hydrogen) atoms. The molecule has 0 aromatic rings. The number of hydrogen-bond acceptors (Lipinski definition) is 1. The molecule has 1 rings (SSSR count). The molecule has 0 fully saturated rings. The Hall–Kier alpha value is 2.24. The predicted octanol–water partition coefficient (Wildman–Crippen LogP) is 6.48. The summed E-state index contributed by atoms with van der Waals surface area (Å²) < 4.78 is 4.91. The molecule has 1 aliphatic heterocycles. The summed E-state index contributed by atoms with van der Waals surface area (Å²) in [4.78, 5) is 0. The van der Waals surface area contributed by atoms with Crippen molar-refractivity contribution in [1.29, 1.82) is 0 Å². The third kappa shape index (κ3) is 3.47. The number of hydrogen-bond donors (Lipinski definition) is 0. The molecule has 1 heterocycles. The van der Waals surface area contributed by atoms with E-state index >= 15 is 0 Å². The number of nitrogens with zero attached hydrogens (tertiary/aromatic N) is 1. The predicted molar refractivity (Wildman–Crippen MR) is 107 cm³/mol. The van der Waals surface area contributed by atoms with Crippen LogP contribution in [0, 0.1) is 0 Å². The fourth-order valence-corrected chi connectivity index (χ4v) is 134. The molecule has 0 aromatic carbocycles. The maximum atomic E-state index is 6.07. The molecule has 0 saturated heterocycles. The van der Waals surface area contributed by atoms with Gasteiger partial charge in [-0.2, -0.15) is 0 Å². The first-order valence-corrected chi connectivity index (χ1v) is 24.7. The van der Waals surface area contributed by atoms with Crippen molar-refractivity contribution in [3.63, 3.8) is 0 Å². The third-order valence-electron chi connectivity index (χ3n) is 4.14. The third-order valence-corrected chi connectivity index (χ3v) is 78.3. The van der Waals surface area contributed by atoms with E-state index in [1.165, 1.54) is 0 Å². The first kappa shape index (κ1) is 21.3. The Bertz CT molecular complexity index is 425. The summed E-state index contributed by atoms with van der Waals surface area (Å²) in [5.74, 6) is 0. The van der Waals surface area contributed by atoms with Crippen LogP contribution in [0.5, 0.6) is 0 Å². The van der Waals surface area contributed by atoms with Gasteiger partial charge in [0.2, 0.25) is 0 Å². The van der Waals surface area contributed by atoms with E-state index < -0.39 is 9.85 Å². The van der Waals surface area contributed by atoms with Gasteiger partial charge in [0.05, 0.1) is 0 Å². The Morgan fingerprint density at radius 2 is 1.00 bits per heavy atom. The molecule has 0 atom stereocenters. The molecule has 0 amide bonds. The zero-order valence-electron chi connectivity index (χ0n) is 16.2. The van der Waals surface area contributed by atoms with Crippen LogP contribution in [0.25, 0.3) is 0 Å². The average Bonchev–Trinajstić information content (AvgIpc) is 2.54. The molecular formula is C16H36NP2Te2+. The van der Waals surface area contributed by atoms with Crippen molar-refractivity contribution in [3.8, 4) is 0 Å². The second-order valence-corrected chi connectivity index (χ2v) is 47.5. The van der Waals surface area contributed by atoms with Crippen LogP contribution in [0.1, 0.15) is 83.1 Å². The minimum absolute atomic E-state index is 0.0975. The molecule has 0 spiro atoms. The van der Waals surface area contributed by atoms with Crippen LogP contribution < -0.4 is 0 Å². The van der Waals surface area contributed by atoms with Crippen LogP contribution in [-0.4, -0.2) is 53.6 Å². The summed E-state index contributed by atoms with van der Waals surface area (Å²) in [6.45, 7) is 30.0. The summed E-state index contributed by atoms with van der Waals surface area (Å²) in [5.41, 5.74) is 0. The topological polar surface area (TPSA) is 12.4 Å². The Kier molecular flexibility index (Phi) is 5.98. The molecule has 126 valence electrons. The standard InChI is InChI=1S/C16H36NP2Te2/c1-13(2,3)18(14(4,5)6)17-19(21-20-18,15(7,8)9)16(10,11)12/h1-12H3/q+1. The van der Waals surface area contributed by atoms with Crippen molar-refractivity contribution in [2.75, 3.05) is 0 Å². The van der Waals surface area contributed by atoms with Crippen LogP contribution in [0.4, 0.5) is 0 Å². The second kappa shape index (κ2) is 5.90. The van der Waals surface area contributed by atoms with E-state index in [1.54, 1.807) is 0 Å². The zero-order chi connectivity index (χ0) is 17.1. The van der Waals surface area contributed by atoms with Gasteiger partial charge in [-0.15, -0.1) is 0 Å². The van der Waals surface area contributed by atoms with Gasteiger partial charge in [0.1, 0.15) is 0 Å². The van der Waals surface area contributed by atoms with Gasteiger partial charge in [0.25, 0.3) is 0 Å². The normalized spacial score (nSPS) is 23.0. The summed E-state index contributed by atoms with van der Waals surface area (Å²) >= 11 is 0.195. The SMILES string of the molecule is CC(C)(C)P1(C(C)(C)C)=N[P+](C(C)(C)C)(C(C)(C)C)[Te][Te]1. The molecule has 0 N–H and O–H groups in total. The summed E-state index contributed by atoms with van der Waals surface area (Å²) in [6, 6.07) is 0. The zero-order valence-corrected chi connectivity index (χ0v) is 22.6. The van der Waals surface area contributed by atoms with E-state index in [9.17, 15) is 0 Å². The van der Waals surface area contributed by atoms with Crippen molar-refractivity contribution >= 4 is 42.9 Å². The van der Waals surface area contributed by atoms with Crippen LogP contribution in [0.2, 0.25) is 0 Å². The molecule has 5 heteroatoms. The van der Waals surface area contributed by atoms with Crippen LogP contribution in [-0.2, 0) is 0 Å². The molecule has 1 aliphatic rings. The molecular weight excluding hydrogens is 523 g/mol. The van der Waals surface area contributed by atoms with Crippen LogP contribution in [0.15, 0.2) is 4.52 Å². The Balaban J connectivity index is 3.75. The van der Waals surface area contributed by atoms with Gasteiger partial charge in [-0.1, -0.05) is 0 Å². The van der Waals surface area contributed by atoms with Gasteiger partial charge in [0, 0.05) is 0 Å². The van der Waals surface area contributed by atoms with E-state index in [0.29, 0.717) is 20.6 Å². The van der Waals surface area contributed by atoms with Gasteiger partial charge >= 0.3 is 151 Å². The summed E-state index contributed by atoms with van der Waals surface area (Å²) in [6.07, 6.45) is 0. The van der Waals surface area contributed by atoms with Gasteiger partial charge in [-0.25, -0.2) is 0 Å². The Labute approximate surface area is 150 Å². The van der Waals surface area contributed by atoms with Gasteiger partial charge < -0.3 is 0 Å². The molecule has 0 bridgehead atoms. The first-order chi connectivity index (χ1) is 8.91. The van der Waals surface area contributed by atoms with Gasteiger partial charge in [-0.3, -0.25) is 0 Å².